The second kappa shape index (κ2) is 9.39. The van der Waals surface area contributed by atoms with Crippen LogP contribution in [0.1, 0.15) is 31.7 Å². The van der Waals surface area contributed by atoms with E-state index in [2.05, 4.69) is 10.6 Å². The fraction of sp³-hybridized carbons (Fsp3) is 0.556. The lowest BCUT2D eigenvalue weighted by Gasteiger charge is -2.35. The Morgan fingerprint density at radius 1 is 1.32 bits per heavy atom. The van der Waals surface area contributed by atoms with Crippen molar-refractivity contribution in [2.24, 2.45) is 0 Å². The summed E-state index contributed by atoms with van der Waals surface area (Å²) in [6.45, 7) is 1.63. The van der Waals surface area contributed by atoms with Gasteiger partial charge in [0.25, 0.3) is 0 Å². The largest absolute Gasteiger partial charge is 0.496 e. The molecule has 0 aromatic heterocycles. The highest BCUT2D eigenvalue weighted by molar-refractivity contribution is 5.76. The van der Waals surface area contributed by atoms with Gasteiger partial charge in [0, 0.05) is 19.0 Å². The van der Waals surface area contributed by atoms with E-state index in [9.17, 15) is 14.7 Å². The Morgan fingerprint density at radius 2 is 2.08 bits per heavy atom. The lowest BCUT2D eigenvalue weighted by molar-refractivity contribution is -0.135. The minimum absolute atomic E-state index is 0.120. The van der Waals surface area contributed by atoms with Crippen LogP contribution in [0.25, 0.3) is 0 Å². The van der Waals surface area contributed by atoms with Gasteiger partial charge in [0.1, 0.15) is 11.9 Å². The lowest BCUT2D eigenvalue weighted by Crippen LogP contribution is -2.51. The van der Waals surface area contributed by atoms with Gasteiger partial charge in [0.15, 0.2) is 0 Å². The van der Waals surface area contributed by atoms with E-state index in [1.165, 1.54) is 6.92 Å². The van der Waals surface area contributed by atoms with Gasteiger partial charge < -0.3 is 25.2 Å². The van der Waals surface area contributed by atoms with Crippen LogP contribution in [-0.2, 0) is 20.9 Å². The number of amides is 2. The number of carbonyl (C=O) groups is 2. The number of para-hydroxylation sites is 1. The monoisotopic (exact) mass is 350 g/mol. The maximum atomic E-state index is 12.2. The van der Waals surface area contributed by atoms with Gasteiger partial charge in [-0.25, -0.2) is 0 Å². The van der Waals surface area contributed by atoms with Crippen LogP contribution in [-0.4, -0.2) is 48.9 Å². The molecule has 2 amide bonds. The van der Waals surface area contributed by atoms with E-state index in [0.717, 1.165) is 11.3 Å². The third-order valence-electron chi connectivity index (χ3n) is 4.27. The average molecular weight is 350 g/mol. The number of carbonyl (C=O) groups excluding carboxylic acids is 2. The number of rotatable bonds is 7. The molecule has 0 saturated carbocycles. The molecule has 0 aliphatic carbocycles. The van der Waals surface area contributed by atoms with Crippen LogP contribution < -0.4 is 15.4 Å². The zero-order chi connectivity index (χ0) is 18.2. The Balaban J connectivity index is 1.82. The molecule has 0 bridgehead atoms. The molecule has 1 saturated heterocycles. The molecular formula is C18H26N2O5. The predicted octanol–water partition coefficient (Wildman–Crippen LogP) is 0.746. The van der Waals surface area contributed by atoms with Crippen LogP contribution in [0.4, 0.5) is 0 Å². The highest BCUT2D eigenvalue weighted by Gasteiger charge is 2.32. The molecule has 2 rings (SSSR count). The summed E-state index contributed by atoms with van der Waals surface area (Å²) in [4.78, 5) is 23.4. The van der Waals surface area contributed by atoms with Crippen molar-refractivity contribution >= 4 is 11.8 Å². The molecule has 1 heterocycles. The molecule has 0 unspecified atom stereocenters. The molecule has 1 aromatic carbocycles. The second-order valence-electron chi connectivity index (χ2n) is 6.16. The molecule has 1 aliphatic rings. The number of benzene rings is 1. The fourth-order valence-electron chi connectivity index (χ4n) is 3.03. The van der Waals surface area contributed by atoms with Crippen LogP contribution in [0, 0.1) is 0 Å². The molecule has 0 radical (unpaired) electrons. The van der Waals surface area contributed by atoms with Crippen molar-refractivity contribution in [1.82, 2.24) is 10.6 Å². The van der Waals surface area contributed by atoms with Gasteiger partial charge >= 0.3 is 0 Å². The van der Waals surface area contributed by atoms with E-state index in [1.807, 2.05) is 24.3 Å². The smallest absolute Gasteiger partial charge is 0.222 e. The van der Waals surface area contributed by atoms with Crippen molar-refractivity contribution in [2.45, 2.75) is 51.0 Å². The highest BCUT2D eigenvalue weighted by Crippen LogP contribution is 2.22. The number of ether oxygens (including phenoxy) is 2. The molecule has 7 nitrogen and oxygen atoms in total. The summed E-state index contributed by atoms with van der Waals surface area (Å²) in [5.41, 5.74) is 0.905. The average Bonchev–Trinajstić information content (AvgIpc) is 2.61. The number of aliphatic hydroxyl groups is 1. The van der Waals surface area contributed by atoms with Crippen molar-refractivity contribution in [2.75, 3.05) is 13.7 Å². The van der Waals surface area contributed by atoms with Crippen molar-refractivity contribution in [3.8, 4) is 5.75 Å². The van der Waals surface area contributed by atoms with Crippen molar-refractivity contribution in [1.29, 1.82) is 0 Å². The van der Waals surface area contributed by atoms with E-state index in [0.29, 0.717) is 19.4 Å². The minimum Gasteiger partial charge on any atom is -0.496 e. The summed E-state index contributed by atoms with van der Waals surface area (Å²) in [6, 6.07) is 7.30. The van der Waals surface area contributed by atoms with Gasteiger partial charge in [0.2, 0.25) is 11.8 Å². The van der Waals surface area contributed by atoms with Crippen LogP contribution in [0.5, 0.6) is 5.75 Å². The third-order valence-corrected chi connectivity index (χ3v) is 4.27. The SMILES string of the molecule is COc1ccccc1CNC(=O)C[C@H]1CC[C@@H](NC(C)=O)[C@H](CO)O1. The first-order valence-corrected chi connectivity index (χ1v) is 8.45. The van der Waals surface area contributed by atoms with Gasteiger partial charge in [-0.3, -0.25) is 9.59 Å². The number of methoxy groups -OCH3 is 1. The number of aliphatic hydroxyl groups excluding tert-OH is 1. The van der Waals surface area contributed by atoms with E-state index in [1.54, 1.807) is 7.11 Å². The zero-order valence-corrected chi connectivity index (χ0v) is 14.7. The van der Waals surface area contributed by atoms with Gasteiger partial charge in [-0.2, -0.15) is 0 Å². The standard InChI is InChI=1S/C18H26N2O5/c1-12(22)20-15-8-7-14(25-17(15)11-21)9-18(23)19-10-13-5-3-4-6-16(13)24-2/h3-6,14-15,17,21H,7-11H2,1-2H3,(H,19,23)(H,20,22)/t14-,15-,17+/m1/s1. The Hall–Kier alpha value is -2.12. The molecule has 1 aliphatic heterocycles. The number of nitrogens with one attached hydrogen (secondary N) is 2. The molecule has 1 aromatic rings. The van der Waals surface area contributed by atoms with Crippen LogP contribution in [0.3, 0.4) is 0 Å². The van der Waals surface area contributed by atoms with Gasteiger partial charge in [-0.1, -0.05) is 18.2 Å². The normalized spacial score (nSPS) is 22.9. The van der Waals surface area contributed by atoms with E-state index in [4.69, 9.17) is 9.47 Å². The summed E-state index contributed by atoms with van der Waals surface area (Å²) in [6.07, 6.45) is 0.807. The maximum Gasteiger partial charge on any atom is 0.222 e. The van der Waals surface area contributed by atoms with E-state index >= 15 is 0 Å². The second-order valence-corrected chi connectivity index (χ2v) is 6.16. The summed E-state index contributed by atoms with van der Waals surface area (Å²) in [5.74, 6) is 0.459. The number of hydrogen-bond donors (Lipinski definition) is 3. The molecular weight excluding hydrogens is 324 g/mol. The van der Waals surface area contributed by atoms with Crippen LogP contribution >= 0.6 is 0 Å². The molecule has 25 heavy (non-hydrogen) atoms. The predicted molar refractivity (Wildman–Crippen MR) is 92.0 cm³/mol. The third kappa shape index (κ3) is 5.72. The molecule has 1 fully saturated rings. The topological polar surface area (TPSA) is 96.9 Å². The van der Waals surface area contributed by atoms with E-state index < -0.39 is 6.10 Å². The first-order chi connectivity index (χ1) is 12.0. The molecule has 3 atom stereocenters. The Labute approximate surface area is 147 Å². The van der Waals surface area contributed by atoms with Gasteiger partial charge in [0.05, 0.1) is 32.3 Å². The van der Waals surface area contributed by atoms with Crippen molar-refractivity contribution < 1.29 is 24.2 Å². The molecule has 138 valence electrons. The molecule has 0 spiro atoms. The fourth-order valence-corrected chi connectivity index (χ4v) is 3.03. The molecule has 3 N–H and O–H groups in total. The quantitative estimate of drug-likeness (QED) is 0.674. The van der Waals surface area contributed by atoms with Crippen molar-refractivity contribution in [3.05, 3.63) is 29.8 Å². The first kappa shape index (κ1) is 19.2. The minimum atomic E-state index is -0.482. The Kier molecular flexibility index (Phi) is 7.21. The summed E-state index contributed by atoms with van der Waals surface area (Å²) < 4.78 is 11.0. The first-order valence-electron chi connectivity index (χ1n) is 8.45. The maximum absolute atomic E-state index is 12.2. The Morgan fingerprint density at radius 3 is 2.76 bits per heavy atom. The Bertz CT molecular complexity index is 593. The van der Waals surface area contributed by atoms with E-state index in [-0.39, 0.29) is 37.0 Å². The summed E-state index contributed by atoms with van der Waals surface area (Å²) >= 11 is 0. The molecule has 7 heteroatoms. The summed E-state index contributed by atoms with van der Waals surface area (Å²) in [5, 5.41) is 15.1. The van der Waals surface area contributed by atoms with Crippen LogP contribution in [0.2, 0.25) is 0 Å². The van der Waals surface area contributed by atoms with Gasteiger partial charge in [-0.15, -0.1) is 0 Å². The zero-order valence-electron chi connectivity index (χ0n) is 14.7. The van der Waals surface area contributed by atoms with Crippen molar-refractivity contribution in [3.63, 3.8) is 0 Å². The lowest BCUT2D eigenvalue weighted by atomic mass is 9.97. The van der Waals surface area contributed by atoms with Crippen LogP contribution in [0.15, 0.2) is 24.3 Å². The highest BCUT2D eigenvalue weighted by atomic mass is 16.5. The number of hydrogen-bond acceptors (Lipinski definition) is 5. The summed E-state index contributed by atoms with van der Waals surface area (Å²) in [7, 11) is 1.59. The van der Waals surface area contributed by atoms with Gasteiger partial charge in [-0.05, 0) is 18.9 Å².